The summed E-state index contributed by atoms with van der Waals surface area (Å²) in [5, 5.41) is 12.8. The second kappa shape index (κ2) is 13.5. The van der Waals surface area contributed by atoms with Crippen molar-refractivity contribution in [1.29, 1.82) is 5.26 Å². The van der Waals surface area contributed by atoms with Gasteiger partial charge < -0.3 is 10.1 Å². The van der Waals surface area contributed by atoms with Gasteiger partial charge in [0.25, 0.3) is 0 Å². The molecule has 7 nitrogen and oxygen atoms in total. The van der Waals surface area contributed by atoms with Crippen molar-refractivity contribution in [1.82, 2.24) is 15.1 Å². The number of carbonyl (C=O) groups excluding carboxylic acids is 2. The lowest BCUT2D eigenvalue weighted by Gasteiger charge is -2.43. The summed E-state index contributed by atoms with van der Waals surface area (Å²) in [5.41, 5.74) is 3.05. The van der Waals surface area contributed by atoms with Crippen molar-refractivity contribution in [2.24, 2.45) is 5.92 Å². The Morgan fingerprint density at radius 1 is 0.976 bits per heavy atom. The van der Waals surface area contributed by atoms with Crippen LogP contribution in [0.25, 0.3) is 0 Å². The third-order valence-corrected chi connectivity index (χ3v) is 8.43. The van der Waals surface area contributed by atoms with Crippen LogP contribution in [-0.4, -0.2) is 58.6 Å². The van der Waals surface area contributed by atoms with E-state index in [0.717, 1.165) is 50.9 Å². The van der Waals surface area contributed by atoms with E-state index < -0.39 is 23.8 Å². The van der Waals surface area contributed by atoms with Crippen molar-refractivity contribution in [2.45, 2.75) is 103 Å². The normalized spacial score (nSPS) is 22.9. The summed E-state index contributed by atoms with van der Waals surface area (Å²) < 4.78 is 5.64. The molecule has 41 heavy (non-hydrogen) atoms. The van der Waals surface area contributed by atoms with E-state index >= 15 is 0 Å². The molecule has 220 valence electrons. The van der Waals surface area contributed by atoms with Crippen LogP contribution in [0.15, 0.2) is 54.6 Å². The highest BCUT2D eigenvalue weighted by molar-refractivity contribution is 5.87. The predicted octanol–water partition coefficient (Wildman–Crippen LogP) is 6.04. The van der Waals surface area contributed by atoms with Gasteiger partial charge in [-0.15, -0.1) is 0 Å². The number of nitrogens with zero attached hydrogens (tertiary/aromatic N) is 3. The van der Waals surface area contributed by atoms with Gasteiger partial charge >= 0.3 is 6.09 Å². The molecule has 2 heterocycles. The van der Waals surface area contributed by atoms with E-state index in [-0.39, 0.29) is 17.9 Å². The fourth-order valence-corrected chi connectivity index (χ4v) is 6.16. The first-order chi connectivity index (χ1) is 19.5. The Kier molecular flexibility index (Phi) is 10.1. The summed E-state index contributed by atoms with van der Waals surface area (Å²) in [6.07, 6.45) is 3.85. The molecule has 0 aromatic heterocycles. The van der Waals surface area contributed by atoms with Crippen LogP contribution in [0, 0.1) is 17.2 Å². The number of amides is 2. The molecule has 0 unspecified atom stereocenters. The summed E-state index contributed by atoms with van der Waals surface area (Å²) in [4.78, 5) is 30.6. The molecule has 4 rings (SSSR count). The van der Waals surface area contributed by atoms with Crippen LogP contribution in [0.3, 0.4) is 0 Å². The number of piperidine rings is 2. The first-order valence-electron chi connectivity index (χ1n) is 15.1. The molecule has 7 heteroatoms. The third-order valence-electron chi connectivity index (χ3n) is 8.43. The lowest BCUT2D eigenvalue weighted by atomic mass is 9.86. The highest BCUT2D eigenvalue weighted by Crippen LogP contribution is 2.31. The number of ether oxygens (including phenoxy) is 1. The zero-order valence-electron chi connectivity index (χ0n) is 25.3. The maximum absolute atomic E-state index is 13.5. The van der Waals surface area contributed by atoms with Crippen molar-refractivity contribution in [2.75, 3.05) is 13.1 Å². The van der Waals surface area contributed by atoms with E-state index in [1.165, 1.54) is 11.1 Å². The Balaban J connectivity index is 1.33. The smallest absolute Gasteiger partial charge is 0.411 e. The van der Waals surface area contributed by atoms with E-state index in [1.807, 2.05) is 34.6 Å². The highest BCUT2D eigenvalue weighted by Gasteiger charge is 2.43. The van der Waals surface area contributed by atoms with Gasteiger partial charge in [0.05, 0.1) is 6.07 Å². The summed E-state index contributed by atoms with van der Waals surface area (Å²) in [6, 6.07) is 20.0. The van der Waals surface area contributed by atoms with E-state index in [0.29, 0.717) is 12.3 Å². The summed E-state index contributed by atoms with van der Waals surface area (Å²) in [5.74, 6) is 0.216. The van der Waals surface area contributed by atoms with Crippen LogP contribution >= 0.6 is 0 Å². The average molecular weight is 559 g/mol. The number of hydrogen-bond acceptors (Lipinski definition) is 5. The topological polar surface area (TPSA) is 85.7 Å². The van der Waals surface area contributed by atoms with Crippen LogP contribution < -0.4 is 5.32 Å². The minimum atomic E-state index is -0.681. The molecule has 2 amide bonds. The number of likely N-dealkylation sites (tertiary alicyclic amines) is 2. The fraction of sp³-hybridized carbons (Fsp3) is 0.559. The van der Waals surface area contributed by atoms with E-state index in [9.17, 15) is 14.9 Å². The monoisotopic (exact) mass is 558 g/mol. The molecule has 0 aliphatic carbocycles. The van der Waals surface area contributed by atoms with E-state index in [1.54, 1.807) is 4.90 Å². The second-order valence-electron chi connectivity index (χ2n) is 12.9. The van der Waals surface area contributed by atoms with Gasteiger partial charge in [0, 0.05) is 19.0 Å². The quantitative estimate of drug-likeness (QED) is 0.448. The first kappa shape index (κ1) is 30.6. The van der Waals surface area contributed by atoms with Crippen molar-refractivity contribution >= 4 is 12.0 Å². The molecule has 2 aromatic rings. The zero-order valence-corrected chi connectivity index (χ0v) is 25.3. The van der Waals surface area contributed by atoms with Gasteiger partial charge in [-0.3, -0.25) is 14.6 Å². The van der Waals surface area contributed by atoms with Gasteiger partial charge in [-0.2, -0.15) is 5.26 Å². The molecule has 2 saturated heterocycles. The van der Waals surface area contributed by atoms with Crippen molar-refractivity contribution < 1.29 is 14.3 Å². The summed E-state index contributed by atoms with van der Waals surface area (Å²) in [7, 11) is 0. The average Bonchev–Trinajstić information content (AvgIpc) is 2.94. The van der Waals surface area contributed by atoms with Gasteiger partial charge in [-0.1, -0.05) is 61.5 Å². The second-order valence-corrected chi connectivity index (χ2v) is 12.9. The number of nitriles is 1. The number of carbonyl (C=O) groups is 2. The molecule has 0 radical (unpaired) electrons. The minimum absolute atomic E-state index is 0.0311. The van der Waals surface area contributed by atoms with Crippen LogP contribution in [0.4, 0.5) is 4.79 Å². The maximum Gasteiger partial charge on any atom is 0.411 e. The summed E-state index contributed by atoms with van der Waals surface area (Å²) in [6.45, 7) is 12.6. The van der Waals surface area contributed by atoms with Crippen molar-refractivity contribution in [3.05, 3.63) is 71.3 Å². The molecule has 4 atom stereocenters. The number of rotatable bonds is 7. The molecule has 0 spiro atoms. The Labute approximate surface area is 245 Å². The largest absolute Gasteiger partial charge is 0.444 e. The standard InChI is InChI=1S/C34H46N4O3/c1-24-11-12-25(2)38(33(40)41-34(3,4)5)31(24)32(39)36-30(22-35)21-26-13-15-28(16-14-26)29-17-19-37(20-18-29)23-27-9-7-6-8-10-27/h6-10,13-16,24-25,29-31H,11-12,17-21,23H2,1-5H3,(H,36,39)/t24-,25+,30+,31+/m1/s1. The first-order valence-corrected chi connectivity index (χ1v) is 15.1. The van der Waals surface area contributed by atoms with Gasteiger partial charge in [0.2, 0.25) is 5.91 Å². The van der Waals surface area contributed by atoms with Gasteiger partial charge in [-0.05, 0) is 95.0 Å². The number of hydrogen-bond donors (Lipinski definition) is 1. The molecule has 0 bridgehead atoms. The Morgan fingerprint density at radius 3 is 2.24 bits per heavy atom. The van der Waals surface area contributed by atoms with Gasteiger partial charge in [-0.25, -0.2) is 4.79 Å². The Hall–Kier alpha value is -3.37. The molecular formula is C34H46N4O3. The Morgan fingerprint density at radius 2 is 1.63 bits per heavy atom. The molecular weight excluding hydrogens is 512 g/mol. The molecule has 2 fully saturated rings. The molecule has 2 aliphatic rings. The Bertz CT molecular complexity index is 1190. The van der Waals surface area contributed by atoms with E-state index in [4.69, 9.17) is 4.74 Å². The van der Waals surface area contributed by atoms with Gasteiger partial charge in [0.15, 0.2) is 0 Å². The molecule has 2 aliphatic heterocycles. The highest BCUT2D eigenvalue weighted by atomic mass is 16.6. The molecule has 2 aromatic carbocycles. The van der Waals surface area contributed by atoms with Crippen molar-refractivity contribution in [3.8, 4) is 6.07 Å². The van der Waals surface area contributed by atoms with Crippen LogP contribution in [0.5, 0.6) is 0 Å². The zero-order chi connectivity index (χ0) is 29.6. The van der Waals surface area contributed by atoms with Crippen molar-refractivity contribution in [3.63, 3.8) is 0 Å². The maximum atomic E-state index is 13.5. The molecule has 1 N–H and O–H groups in total. The van der Waals surface area contributed by atoms with Gasteiger partial charge in [0.1, 0.15) is 17.7 Å². The summed E-state index contributed by atoms with van der Waals surface area (Å²) >= 11 is 0. The SMILES string of the molecule is C[C@@H]1CC[C@H](C)N(C(=O)OC(C)(C)C)[C@@H]1C(=O)N[C@H](C#N)Cc1ccc(C2CCN(Cc3ccccc3)CC2)cc1. The fourth-order valence-electron chi connectivity index (χ4n) is 6.16. The third kappa shape index (κ3) is 8.33. The van der Waals surface area contributed by atoms with Crippen LogP contribution in [-0.2, 0) is 22.5 Å². The lowest BCUT2D eigenvalue weighted by molar-refractivity contribution is -0.131. The predicted molar refractivity (Wildman–Crippen MR) is 161 cm³/mol. The molecule has 0 saturated carbocycles. The minimum Gasteiger partial charge on any atom is -0.444 e. The van der Waals surface area contributed by atoms with Crippen LogP contribution in [0.1, 0.15) is 82.9 Å². The van der Waals surface area contributed by atoms with Crippen LogP contribution in [0.2, 0.25) is 0 Å². The number of benzene rings is 2. The van der Waals surface area contributed by atoms with E-state index in [2.05, 4.69) is 70.9 Å². The lowest BCUT2D eigenvalue weighted by Crippen LogP contribution is -2.60. The number of nitrogens with one attached hydrogen (secondary N) is 1.